The fourth-order valence-electron chi connectivity index (χ4n) is 0.767. The molecule has 68 valence electrons. The van der Waals surface area contributed by atoms with Gasteiger partial charge >= 0.3 is 0 Å². The zero-order valence-electron chi connectivity index (χ0n) is 6.63. The van der Waals surface area contributed by atoms with Gasteiger partial charge in [-0.3, -0.25) is 0 Å². The van der Waals surface area contributed by atoms with E-state index in [4.69, 9.17) is 0 Å². The quantitative estimate of drug-likeness (QED) is 0.289. The Morgan fingerprint density at radius 2 is 1.82 bits per heavy atom. The van der Waals surface area contributed by atoms with Crippen molar-refractivity contribution in [1.82, 2.24) is 0 Å². The van der Waals surface area contributed by atoms with Crippen LogP contribution in [0.5, 0.6) is 0 Å². The van der Waals surface area contributed by atoms with E-state index in [-0.39, 0.29) is 4.83 Å². The zero-order valence-corrected chi connectivity index (χ0v) is 10.9. The molecule has 0 aromatic carbocycles. The first kappa shape index (κ1) is 12.5. The van der Waals surface area contributed by atoms with Crippen molar-refractivity contribution in [3.8, 4) is 0 Å². The first-order chi connectivity index (χ1) is 4.98. The lowest BCUT2D eigenvalue weighted by molar-refractivity contribution is 0.661. The number of rotatable bonds is 5. The Morgan fingerprint density at radius 3 is 2.18 bits per heavy atom. The molecule has 0 aromatic rings. The highest BCUT2D eigenvalue weighted by atomic mass is 79.9. The lowest BCUT2D eigenvalue weighted by Crippen LogP contribution is -2.18. The average molecular weight is 275 g/mol. The van der Waals surface area contributed by atoms with Crippen LogP contribution in [0.4, 0.5) is 0 Å². The average Bonchev–Trinajstić information content (AvgIpc) is 1.86. The normalized spacial score (nSPS) is 15.0. The molecule has 0 N–H and O–H groups in total. The van der Waals surface area contributed by atoms with Gasteiger partial charge in [0.05, 0.1) is 0 Å². The van der Waals surface area contributed by atoms with E-state index in [2.05, 4.69) is 60.7 Å². The Morgan fingerprint density at radius 1 is 1.27 bits per heavy atom. The molecule has 0 aromatic heterocycles. The molecule has 0 aliphatic heterocycles. The molecule has 11 heavy (non-hydrogen) atoms. The highest BCUT2D eigenvalue weighted by Crippen LogP contribution is 2.36. The number of hydrogen-bond donors (Lipinski definition) is 3. The molecule has 4 heteroatoms. The smallest absolute Gasteiger partial charge is 0.111 e. The van der Waals surface area contributed by atoms with Crippen molar-refractivity contribution in [2.75, 3.05) is 0 Å². The Labute approximate surface area is 94.3 Å². The second-order valence-corrected chi connectivity index (χ2v) is 6.93. The summed E-state index contributed by atoms with van der Waals surface area (Å²) in [5.41, 5.74) is 0. The van der Waals surface area contributed by atoms with Gasteiger partial charge in [0.25, 0.3) is 0 Å². The maximum absolute atomic E-state index is 4.23. The fraction of sp³-hybridized carbons (Fsp3) is 1.00. The van der Waals surface area contributed by atoms with Crippen LogP contribution in [-0.4, -0.2) is 8.24 Å². The van der Waals surface area contributed by atoms with Crippen molar-refractivity contribution in [2.24, 2.45) is 0 Å². The Kier molecular flexibility index (Phi) is 6.90. The van der Waals surface area contributed by atoms with Crippen molar-refractivity contribution in [2.45, 2.75) is 40.8 Å². The van der Waals surface area contributed by atoms with Crippen LogP contribution in [0, 0.1) is 0 Å². The summed E-state index contributed by atoms with van der Waals surface area (Å²) in [6, 6.07) is 0. The number of thiol groups is 3. The maximum atomic E-state index is 4.23. The minimum absolute atomic E-state index is 0.275. The summed E-state index contributed by atoms with van der Waals surface area (Å²) < 4.78 is -0.492. The number of hydrogen-bond acceptors (Lipinski definition) is 3. The minimum Gasteiger partial charge on any atom is -0.150 e. The Hall–Kier alpha value is 1.53. The third kappa shape index (κ3) is 6.67. The standard InChI is InChI=1S/C7H15BrS3/c1-2-3-4-5-6(8)7(9,10)11/h6,9-11H,2-5H2,1H3. The first-order valence-electron chi connectivity index (χ1n) is 3.79. The first-order valence-corrected chi connectivity index (χ1v) is 6.05. The largest absolute Gasteiger partial charge is 0.150 e. The van der Waals surface area contributed by atoms with Crippen LogP contribution in [0.1, 0.15) is 32.6 Å². The second-order valence-electron chi connectivity index (χ2n) is 2.65. The molecule has 0 saturated heterocycles. The molecule has 1 unspecified atom stereocenters. The monoisotopic (exact) mass is 274 g/mol. The molecule has 0 radical (unpaired) electrons. The lowest BCUT2D eigenvalue weighted by atomic mass is 10.2. The van der Waals surface area contributed by atoms with Gasteiger partial charge in [-0.05, 0) is 6.42 Å². The van der Waals surface area contributed by atoms with Crippen LogP contribution < -0.4 is 0 Å². The van der Waals surface area contributed by atoms with Crippen molar-refractivity contribution < 1.29 is 0 Å². The predicted octanol–water partition coefficient (Wildman–Crippen LogP) is 3.77. The molecular weight excluding hydrogens is 260 g/mol. The van der Waals surface area contributed by atoms with Gasteiger partial charge in [-0.15, -0.1) is 0 Å². The van der Waals surface area contributed by atoms with E-state index >= 15 is 0 Å². The summed E-state index contributed by atoms with van der Waals surface area (Å²) in [5.74, 6) is 0. The summed E-state index contributed by atoms with van der Waals surface area (Å²) >= 11 is 16.2. The Bertz CT molecular complexity index is 100. The highest BCUT2D eigenvalue weighted by molar-refractivity contribution is 9.09. The third-order valence-corrected chi connectivity index (χ3v) is 4.62. The van der Waals surface area contributed by atoms with Crippen LogP contribution in [0.2, 0.25) is 0 Å². The molecule has 0 bridgehead atoms. The summed E-state index contributed by atoms with van der Waals surface area (Å²) in [6.45, 7) is 2.19. The second kappa shape index (κ2) is 6.06. The van der Waals surface area contributed by atoms with E-state index in [0.717, 1.165) is 6.42 Å². The summed E-state index contributed by atoms with van der Waals surface area (Å²) in [7, 11) is 0. The van der Waals surface area contributed by atoms with Crippen LogP contribution >= 0.6 is 53.8 Å². The van der Waals surface area contributed by atoms with Crippen molar-refractivity contribution in [3.63, 3.8) is 0 Å². The van der Waals surface area contributed by atoms with Gasteiger partial charge in [0.15, 0.2) is 0 Å². The summed E-state index contributed by atoms with van der Waals surface area (Å²) in [4.78, 5) is 0.275. The molecule has 1 atom stereocenters. The minimum atomic E-state index is -0.492. The molecule has 0 spiro atoms. The molecule has 0 nitrogen and oxygen atoms in total. The predicted molar refractivity (Wildman–Crippen MR) is 66.5 cm³/mol. The van der Waals surface area contributed by atoms with Crippen molar-refractivity contribution in [3.05, 3.63) is 0 Å². The van der Waals surface area contributed by atoms with E-state index in [1.54, 1.807) is 0 Å². The van der Waals surface area contributed by atoms with E-state index < -0.39 is 3.41 Å². The van der Waals surface area contributed by atoms with Crippen LogP contribution in [0.25, 0.3) is 0 Å². The molecule has 0 amide bonds. The molecule has 0 aliphatic carbocycles. The van der Waals surface area contributed by atoms with E-state index in [9.17, 15) is 0 Å². The fourth-order valence-corrected chi connectivity index (χ4v) is 1.48. The van der Waals surface area contributed by atoms with E-state index in [0.29, 0.717) is 0 Å². The van der Waals surface area contributed by atoms with E-state index in [1.165, 1.54) is 19.3 Å². The van der Waals surface area contributed by atoms with Gasteiger partial charge in [-0.1, -0.05) is 42.1 Å². The van der Waals surface area contributed by atoms with Crippen LogP contribution in [0.3, 0.4) is 0 Å². The van der Waals surface area contributed by atoms with Gasteiger partial charge in [0, 0.05) is 4.83 Å². The van der Waals surface area contributed by atoms with Gasteiger partial charge in [-0.25, -0.2) is 0 Å². The third-order valence-electron chi connectivity index (χ3n) is 1.48. The lowest BCUT2D eigenvalue weighted by Gasteiger charge is -2.22. The molecule has 0 rings (SSSR count). The van der Waals surface area contributed by atoms with Crippen molar-refractivity contribution >= 4 is 53.8 Å². The SMILES string of the molecule is CCCCCC(Br)C(S)(S)S. The zero-order chi connectivity index (χ0) is 8.91. The number of alkyl halides is 1. The van der Waals surface area contributed by atoms with Crippen LogP contribution in [0.15, 0.2) is 0 Å². The molecule has 0 heterocycles. The highest BCUT2D eigenvalue weighted by Gasteiger charge is 2.24. The Balaban J connectivity index is 3.44. The maximum Gasteiger partial charge on any atom is 0.111 e. The van der Waals surface area contributed by atoms with Crippen molar-refractivity contribution in [1.29, 1.82) is 0 Å². The van der Waals surface area contributed by atoms with Gasteiger partial charge in [-0.2, -0.15) is 37.9 Å². The number of unbranched alkanes of at least 4 members (excludes halogenated alkanes) is 2. The number of halogens is 1. The molecule has 0 aliphatic rings. The molecule has 0 saturated carbocycles. The summed E-state index contributed by atoms with van der Waals surface area (Å²) in [5, 5.41) is 0. The van der Waals surface area contributed by atoms with Crippen LogP contribution in [-0.2, 0) is 0 Å². The van der Waals surface area contributed by atoms with Gasteiger partial charge in [0.2, 0.25) is 0 Å². The van der Waals surface area contributed by atoms with Gasteiger partial charge in [0.1, 0.15) is 3.41 Å². The topological polar surface area (TPSA) is 0 Å². The summed E-state index contributed by atoms with van der Waals surface area (Å²) in [6.07, 6.45) is 4.83. The molecular formula is C7H15BrS3. The molecule has 0 fully saturated rings. The van der Waals surface area contributed by atoms with Gasteiger partial charge < -0.3 is 0 Å². The van der Waals surface area contributed by atoms with E-state index in [1.807, 2.05) is 0 Å².